The first kappa shape index (κ1) is 12.4. The molecule has 1 aliphatic rings. The highest BCUT2D eigenvalue weighted by molar-refractivity contribution is 5.29. The van der Waals surface area contributed by atoms with E-state index >= 15 is 0 Å². The van der Waals surface area contributed by atoms with Gasteiger partial charge in [0.1, 0.15) is 5.75 Å². The highest BCUT2D eigenvalue weighted by atomic mass is 16.5. The van der Waals surface area contributed by atoms with Crippen LogP contribution >= 0.6 is 0 Å². The van der Waals surface area contributed by atoms with Crippen LogP contribution in [0.2, 0.25) is 0 Å². The van der Waals surface area contributed by atoms with E-state index in [1.165, 1.54) is 32.1 Å². The van der Waals surface area contributed by atoms with Crippen LogP contribution in [0.5, 0.6) is 5.75 Å². The van der Waals surface area contributed by atoms with Gasteiger partial charge in [-0.2, -0.15) is 0 Å². The van der Waals surface area contributed by atoms with Gasteiger partial charge in [0.05, 0.1) is 11.8 Å². The molecule has 0 radical (unpaired) electrons. The Labute approximate surface area is 103 Å². The Morgan fingerprint density at radius 3 is 2.76 bits per heavy atom. The molecule has 94 valence electrons. The van der Waals surface area contributed by atoms with E-state index in [9.17, 15) is 0 Å². The van der Waals surface area contributed by atoms with Gasteiger partial charge in [-0.25, -0.2) is 0 Å². The number of aryl methyl sites for hydroxylation is 1. The van der Waals surface area contributed by atoms with Gasteiger partial charge in [-0.05, 0) is 51.3 Å². The number of rotatable bonds is 4. The van der Waals surface area contributed by atoms with Crippen LogP contribution in [0.3, 0.4) is 0 Å². The maximum atomic E-state index is 6.08. The van der Waals surface area contributed by atoms with E-state index in [4.69, 9.17) is 10.5 Å². The summed E-state index contributed by atoms with van der Waals surface area (Å²) in [7, 11) is 0. The molecule has 2 N–H and O–H groups in total. The van der Waals surface area contributed by atoms with E-state index in [1.807, 2.05) is 19.1 Å². The normalized spacial score (nSPS) is 17.1. The Morgan fingerprint density at radius 2 is 2.06 bits per heavy atom. The van der Waals surface area contributed by atoms with Crippen LogP contribution in [0.4, 0.5) is 0 Å². The Bertz CT molecular complexity index is 359. The molecule has 0 bridgehead atoms. The summed E-state index contributed by atoms with van der Waals surface area (Å²) < 4.78 is 6.08. The van der Waals surface area contributed by atoms with Crippen LogP contribution < -0.4 is 10.5 Å². The molecule has 1 aromatic rings. The molecule has 3 nitrogen and oxygen atoms in total. The van der Waals surface area contributed by atoms with E-state index in [2.05, 4.69) is 4.98 Å². The van der Waals surface area contributed by atoms with E-state index < -0.39 is 0 Å². The predicted octanol–water partition coefficient (Wildman–Crippen LogP) is 2.60. The fraction of sp³-hybridized carbons (Fsp3) is 0.643. The van der Waals surface area contributed by atoms with E-state index in [0.717, 1.165) is 23.6 Å². The second-order valence-electron chi connectivity index (χ2n) is 4.81. The summed E-state index contributed by atoms with van der Waals surface area (Å²) >= 11 is 0. The molecule has 0 saturated heterocycles. The average Bonchev–Trinajstić information content (AvgIpc) is 2.34. The average molecular weight is 234 g/mol. The van der Waals surface area contributed by atoms with Crippen molar-refractivity contribution < 1.29 is 4.74 Å². The van der Waals surface area contributed by atoms with Crippen molar-refractivity contribution in [2.24, 2.45) is 5.73 Å². The zero-order chi connectivity index (χ0) is 12.1. The minimum atomic E-state index is 0.379. The monoisotopic (exact) mass is 234 g/mol. The standard InChI is InChI=1S/C14H22N2O/c1-11-7-8-14(13(16-11)9-10-15)17-12-5-3-2-4-6-12/h7-8,12H,2-6,9-10,15H2,1H3. The molecule has 0 amide bonds. The third kappa shape index (κ3) is 3.43. The number of aromatic nitrogens is 1. The molecular formula is C14H22N2O. The first-order chi connectivity index (χ1) is 8.29. The first-order valence-corrected chi connectivity index (χ1v) is 6.63. The van der Waals surface area contributed by atoms with Crippen molar-refractivity contribution in [2.45, 2.75) is 51.6 Å². The van der Waals surface area contributed by atoms with Crippen LogP contribution in [-0.4, -0.2) is 17.6 Å². The van der Waals surface area contributed by atoms with Gasteiger partial charge >= 0.3 is 0 Å². The van der Waals surface area contributed by atoms with Crippen molar-refractivity contribution in [3.63, 3.8) is 0 Å². The summed E-state index contributed by atoms with van der Waals surface area (Å²) in [5.41, 5.74) is 7.66. The Kier molecular flexibility index (Phi) is 4.37. The van der Waals surface area contributed by atoms with Gasteiger partial charge in [-0.15, -0.1) is 0 Å². The molecule has 0 aliphatic heterocycles. The molecule has 1 saturated carbocycles. The second-order valence-corrected chi connectivity index (χ2v) is 4.81. The Balaban J connectivity index is 2.07. The lowest BCUT2D eigenvalue weighted by molar-refractivity contribution is 0.153. The lowest BCUT2D eigenvalue weighted by Gasteiger charge is -2.24. The summed E-state index contributed by atoms with van der Waals surface area (Å²) in [4.78, 5) is 4.52. The van der Waals surface area contributed by atoms with Gasteiger partial charge in [0.25, 0.3) is 0 Å². The molecule has 0 spiro atoms. The predicted molar refractivity (Wildman–Crippen MR) is 69.2 cm³/mol. The summed E-state index contributed by atoms with van der Waals surface area (Å²) in [5.74, 6) is 0.938. The largest absolute Gasteiger partial charge is 0.489 e. The van der Waals surface area contributed by atoms with Crippen LogP contribution in [0.1, 0.15) is 43.5 Å². The lowest BCUT2D eigenvalue weighted by atomic mass is 9.98. The maximum Gasteiger partial charge on any atom is 0.141 e. The van der Waals surface area contributed by atoms with Crippen molar-refractivity contribution in [1.82, 2.24) is 4.98 Å². The molecule has 0 aromatic carbocycles. The van der Waals surface area contributed by atoms with Crippen LogP contribution in [0.15, 0.2) is 12.1 Å². The van der Waals surface area contributed by atoms with Gasteiger partial charge in [-0.1, -0.05) is 6.42 Å². The minimum Gasteiger partial charge on any atom is -0.489 e. The van der Waals surface area contributed by atoms with E-state index in [1.54, 1.807) is 0 Å². The molecule has 17 heavy (non-hydrogen) atoms. The fourth-order valence-corrected chi connectivity index (χ4v) is 2.38. The summed E-state index contributed by atoms with van der Waals surface area (Å²) in [5, 5.41) is 0. The molecule has 0 unspecified atom stereocenters. The van der Waals surface area contributed by atoms with Crippen LogP contribution in [0, 0.1) is 6.92 Å². The summed E-state index contributed by atoms with van der Waals surface area (Å²) in [6.07, 6.45) is 7.45. The SMILES string of the molecule is Cc1ccc(OC2CCCCC2)c(CCN)n1. The molecule has 0 atom stereocenters. The second kappa shape index (κ2) is 6.01. The third-order valence-corrected chi connectivity index (χ3v) is 3.30. The third-order valence-electron chi connectivity index (χ3n) is 3.30. The smallest absolute Gasteiger partial charge is 0.141 e. The Morgan fingerprint density at radius 1 is 1.29 bits per heavy atom. The topological polar surface area (TPSA) is 48.1 Å². The Hall–Kier alpha value is -1.09. The maximum absolute atomic E-state index is 6.08. The number of ether oxygens (including phenoxy) is 1. The minimum absolute atomic E-state index is 0.379. The summed E-state index contributed by atoms with van der Waals surface area (Å²) in [6, 6.07) is 4.06. The quantitative estimate of drug-likeness (QED) is 0.871. The number of nitrogens with zero attached hydrogens (tertiary/aromatic N) is 1. The number of nitrogens with two attached hydrogens (primary N) is 1. The molecule has 1 aromatic heterocycles. The molecule has 1 aliphatic carbocycles. The van der Waals surface area contributed by atoms with Gasteiger partial charge in [0, 0.05) is 12.1 Å². The van der Waals surface area contributed by atoms with Gasteiger partial charge in [0.2, 0.25) is 0 Å². The van der Waals surface area contributed by atoms with Gasteiger partial charge in [-0.3, -0.25) is 4.98 Å². The zero-order valence-corrected chi connectivity index (χ0v) is 10.6. The highest BCUT2D eigenvalue weighted by Gasteiger charge is 2.16. The van der Waals surface area contributed by atoms with Crippen LogP contribution in [0.25, 0.3) is 0 Å². The van der Waals surface area contributed by atoms with E-state index in [0.29, 0.717) is 12.6 Å². The number of hydrogen-bond donors (Lipinski definition) is 1. The molecule has 1 heterocycles. The van der Waals surface area contributed by atoms with Gasteiger partial charge < -0.3 is 10.5 Å². The van der Waals surface area contributed by atoms with Crippen molar-refractivity contribution in [1.29, 1.82) is 0 Å². The lowest BCUT2D eigenvalue weighted by Crippen LogP contribution is -2.21. The van der Waals surface area contributed by atoms with Gasteiger partial charge in [0.15, 0.2) is 0 Å². The fourth-order valence-electron chi connectivity index (χ4n) is 2.38. The van der Waals surface area contributed by atoms with E-state index in [-0.39, 0.29) is 0 Å². The van der Waals surface area contributed by atoms with Crippen molar-refractivity contribution in [2.75, 3.05) is 6.54 Å². The zero-order valence-electron chi connectivity index (χ0n) is 10.6. The summed E-state index contributed by atoms with van der Waals surface area (Å²) in [6.45, 7) is 2.63. The van der Waals surface area contributed by atoms with Crippen molar-refractivity contribution in [3.8, 4) is 5.75 Å². The molecule has 2 rings (SSSR count). The number of pyridine rings is 1. The van der Waals surface area contributed by atoms with Crippen molar-refractivity contribution >= 4 is 0 Å². The first-order valence-electron chi connectivity index (χ1n) is 6.63. The molecule has 1 fully saturated rings. The number of hydrogen-bond acceptors (Lipinski definition) is 3. The molecule has 3 heteroatoms. The van der Waals surface area contributed by atoms with Crippen molar-refractivity contribution in [3.05, 3.63) is 23.5 Å². The highest BCUT2D eigenvalue weighted by Crippen LogP contribution is 2.25. The molecular weight excluding hydrogens is 212 g/mol. The van der Waals surface area contributed by atoms with Crippen LogP contribution in [-0.2, 0) is 6.42 Å².